The first kappa shape index (κ1) is 29.2. The fourth-order valence-electron chi connectivity index (χ4n) is 5.77. The fraction of sp³-hybridized carbons (Fsp3) is 0.452. The minimum atomic E-state index is -0.313. The van der Waals surface area contributed by atoms with Crippen LogP contribution < -0.4 is 10.2 Å². The molecule has 2 aliphatic heterocycles. The summed E-state index contributed by atoms with van der Waals surface area (Å²) in [5, 5.41) is 9.68. The summed E-state index contributed by atoms with van der Waals surface area (Å²) in [7, 11) is 0. The summed E-state index contributed by atoms with van der Waals surface area (Å²) >= 11 is 1.62. The highest BCUT2D eigenvalue weighted by Crippen LogP contribution is 2.32. The zero-order chi connectivity index (χ0) is 29.9. The number of likely N-dealkylation sites (N-methyl/N-ethyl adjacent to an activating group) is 1. The fourth-order valence-corrected chi connectivity index (χ4v) is 6.47. The number of ether oxygens (including phenoxy) is 1. The Bertz CT molecular complexity index is 1580. The molecule has 1 N–H and O–H groups in total. The highest BCUT2D eigenvalue weighted by Gasteiger charge is 2.38. The van der Waals surface area contributed by atoms with Gasteiger partial charge in [0.25, 0.3) is 5.91 Å². The van der Waals surface area contributed by atoms with Gasteiger partial charge in [-0.05, 0) is 56.1 Å². The predicted molar refractivity (Wildman–Crippen MR) is 167 cm³/mol. The molecule has 0 aliphatic carbocycles. The number of rotatable bonds is 10. The lowest BCUT2D eigenvalue weighted by atomic mass is 10.0. The summed E-state index contributed by atoms with van der Waals surface area (Å²) < 4.78 is 7.17. The van der Waals surface area contributed by atoms with Gasteiger partial charge in [-0.3, -0.25) is 14.5 Å². The predicted octanol–water partition coefficient (Wildman–Crippen LogP) is 3.42. The zero-order valence-electron chi connectivity index (χ0n) is 24.9. The number of nitrogens with one attached hydrogen (secondary N) is 1. The normalized spacial score (nSPS) is 17.7. The van der Waals surface area contributed by atoms with Crippen molar-refractivity contribution in [3.05, 3.63) is 53.7 Å². The van der Waals surface area contributed by atoms with Crippen molar-refractivity contribution in [2.75, 3.05) is 57.4 Å². The van der Waals surface area contributed by atoms with Crippen molar-refractivity contribution in [2.24, 2.45) is 0 Å². The standard InChI is InChI=1S/C31H38N8O3S/c1-4-36(5-2)21(3)19-32-30(40)22-17-25(23-20-33-39-11-8-24(35-29(23)39)27-7-6-16-43-27)34-28(18-22)38-10-9-26(38)31(41)37-12-14-42-15-13-37/h6-8,11,16-18,20-21,26H,4-5,9-10,12-15,19H2,1-3H3,(H,32,40). The Morgan fingerprint density at radius 2 is 1.93 bits per heavy atom. The second-order valence-electron chi connectivity index (χ2n) is 10.9. The minimum Gasteiger partial charge on any atom is -0.378 e. The molecule has 6 rings (SSSR count). The van der Waals surface area contributed by atoms with Crippen LogP contribution in [0.2, 0.25) is 0 Å². The van der Waals surface area contributed by atoms with E-state index in [1.165, 1.54) is 0 Å². The van der Waals surface area contributed by atoms with Crippen LogP contribution in [0.5, 0.6) is 0 Å². The van der Waals surface area contributed by atoms with E-state index >= 15 is 0 Å². The number of aromatic nitrogens is 4. The van der Waals surface area contributed by atoms with Gasteiger partial charge < -0.3 is 19.9 Å². The van der Waals surface area contributed by atoms with Crippen molar-refractivity contribution < 1.29 is 14.3 Å². The van der Waals surface area contributed by atoms with E-state index in [1.54, 1.807) is 34.2 Å². The highest BCUT2D eigenvalue weighted by atomic mass is 32.1. The minimum absolute atomic E-state index is 0.0824. The number of carbonyl (C=O) groups is 2. The molecule has 0 saturated carbocycles. The Hall–Kier alpha value is -3.87. The molecule has 0 spiro atoms. The third-order valence-electron chi connectivity index (χ3n) is 8.41. The summed E-state index contributed by atoms with van der Waals surface area (Å²) in [4.78, 5) is 44.2. The Morgan fingerprint density at radius 1 is 1.12 bits per heavy atom. The smallest absolute Gasteiger partial charge is 0.251 e. The molecule has 2 aliphatic rings. The quantitative estimate of drug-likeness (QED) is 0.294. The van der Waals surface area contributed by atoms with Crippen LogP contribution in [0.4, 0.5) is 5.82 Å². The highest BCUT2D eigenvalue weighted by molar-refractivity contribution is 7.13. The van der Waals surface area contributed by atoms with Crippen molar-refractivity contribution in [1.29, 1.82) is 0 Å². The number of carbonyl (C=O) groups excluding carboxylic acids is 2. The van der Waals surface area contributed by atoms with Gasteiger partial charge in [-0.25, -0.2) is 14.5 Å². The van der Waals surface area contributed by atoms with Crippen molar-refractivity contribution >= 4 is 34.6 Å². The molecule has 4 aromatic heterocycles. The number of morpholine rings is 1. The average Bonchev–Trinajstić information content (AvgIpc) is 3.71. The van der Waals surface area contributed by atoms with Gasteiger partial charge in [-0.1, -0.05) is 19.9 Å². The van der Waals surface area contributed by atoms with E-state index in [9.17, 15) is 9.59 Å². The first-order chi connectivity index (χ1) is 21.0. The van der Waals surface area contributed by atoms with Crippen LogP contribution in [0.3, 0.4) is 0 Å². The van der Waals surface area contributed by atoms with Gasteiger partial charge in [0.15, 0.2) is 5.65 Å². The number of amides is 2. The zero-order valence-corrected chi connectivity index (χ0v) is 25.7. The van der Waals surface area contributed by atoms with Crippen LogP contribution in [-0.4, -0.2) is 106 Å². The SMILES string of the molecule is CCN(CC)C(C)CNC(=O)c1cc(-c2cnn3ccc(-c4cccs4)nc23)nc(N2CCC2C(=O)N2CCOCC2)c1. The van der Waals surface area contributed by atoms with Crippen LogP contribution in [0.15, 0.2) is 48.1 Å². The second-order valence-corrected chi connectivity index (χ2v) is 11.9. The van der Waals surface area contributed by atoms with E-state index in [-0.39, 0.29) is 23.9 Å². The third kappa shape index (κ3) is 5.99. The second kappa shape index (κ2) is 12.8. The number of anilines is 1. The average molecular weight is 603 g/mol. The summed E-state index contributed by atoms with van der Waals surface area (Å²) in [6.07, 6.45) is 4.37. The largest absolute Gasteiger partial charge is 0.378 e. The van der Waals surface area contributed by atoms with Crippen LogP contribution in [0.25, 0.3) is 27.5 Å². The summed E-state index contributed by atoms with van der Waals surface area (Å²) in [6.45, 7) is 11.7. The summed E-state index contributed by atoms with van der Waals surface area (Å²) in [5.41, 5.74) is 3.31. The van der Waals surface area contributed by atoms with Gasteiger partial charge >= 0.3 is 0 Å². The lowest BCUT2D eigenvalue weighted by molar-refractivity contribution is -0.138. The molecule has 6 heterocycles. The van der Waals surface area contributed by atoms with Gasteiger partial charge in [-0.15, -0.1) is 11.3 Å². The maximum absolute atomic E-state index is 13.6. The lowest BCUT2D eigenvalue weighted by Crippen LogP contribution is -2.59. The number of nitrogens with zero attached hydrogens (tertiary/aromatic N) is 7. The van der Waals surface area contributed by atoms with E-state index in [0.717, 1.165) is 35.6 Å². The molecule has 2 unspecified atom stereocenters. The summed E-state index contributed by atoms with van der Waals surface area (Å²) in [6, 6.07) is 9.47. The molecule has 43 heavy (non-hydrogen) atoms. The molecule has 0 bridgehead atoms. The van der Waals surface area contributed by atoms with Gasteiger partial charge in [0.1, 0.15) is 11.9 Å². The number of pyridine rings is 1. The molecule has 0 aromatic carbocycles. The molecule has 2 atom stereocenters. The monoisotopic (exact) mass is 602 g/mol. The van der Waals surface area contributed by atoms with Crippen LogP contribution >= 0.6 is 11.3 Å². The van der Waals surface area contributed by atoms with Gasteiger partial charge in [0, 0.05) is 44.0 Å². The molecular formula is C31H38N8O3S. The van der Waals surface area contributed by atoms with E-state index in [0.29, 0.717) is 62.1 Å². The molecule has 2 saturated heterocycles. The molecule has 2 amide bonds. The van der Waals surface area contributed by atoms with Gasteiger partial charge in [0.2, 0.25) is 5.91 Å². The van der Waals surface area contributed by atoms with E-state index in [1.807, 2.05) is 39.6 Å². The van der Waals surface area contributed by atoms with Crippen molar-refractivity contribution in [1.82, 2.24) is 34.7 Å². The van der Waals surface area contributed by atoms with Gasteiger partial charge in [0.05, 0.1) is 41.2 Å². The van der Waals surface area contributed by atoms with Crippen LogP contribution in [0, 0.1) is 0 Å². The topological polar surface area (TPSA) is 108 Å². The Morgan fingerprint density at radius 3 is 2.63 bits per heavy atom. The van der Waals surface area contributed by atoms with Crippen LogP contribution in [0.1, 0.15) is 37.6 Å². The number of thiophene rings is 1. The van der Waals surface area contributed by atoms with Crippen molar-refractivity contribution in [3.63, 3.8) is 0 Å². The third-order valence-corrected chi connectivity index (χ3v) is 9.30. The van der Waals surface area contributed by atoms with Crippen molar-refractivity contribution in [3.8, 4) is 21.8 Å². The molecule has 226 valence electrons. The van der Waals surface area contributed by atoms with Gasteiger partial charge in [-0.2, -0.15) is 5.10 Å². The maximum Gasteiger partial charge on any atom is 0.251 e. The molecule has 12 heteroatoms. The van der Waals surface area contributed by atoms with E-state index < -0.39 is 0 Å². The van der Waals surface area contributed by atoms with E-state index in [4.69, 9.17) is 14.7 Å². The Labute approximate surface area is 255 Å². The molecule has 4 aromatic rings. The first-order valence-corrected chi connectivity index (χ1v) is 15.9. The molecule has 2 fully saturated rings. The van der Waals surface area contributed by atoms with Crippen molar-refractivity contribution in [2.45, 2.75) is 39.3 Å². The lowest BCUT2D eigenvalue weighted by Gasteiger charge is -2.43. The first-order valence-electron chi connectivity index (χ1n) is 15.0. The van der Waals surface area contributed by atoms with Crippen LogP contribution in [-0.2, 0) is 9.53 Å². The molecule has 0 radical (unpaired) electrons. The molecule has 11 nitrogen and oxygen atoms in total. The summed E-state index contributed by atoms with van der Waals surface area (Å²) in [5.74, 6) is 0.509. The maximum atomic E-state index is 13.6. The van der Waals surface area contributed by atoms with E-state index in [2.05, 4.69) is 36.1 Å². The number of fused-ring (bicyclic) bond motifs is 1. The number of hydrogen-bond donors (Lipinski definition) is 1. The molecular weight excluding hydrogens is 564 g/mol. The Balaban J connectivity index is 1.35. The Kier molecular flexibility index (Phi) is 8.68. The number of hydrogen-bond acceptors (Lipinski definition) is 9.